The molecule has 0 atom stereocenters. The Kier molecular flexibility index (Phi) is 3.54. The van der Waals surface area contributed by atoms with Crippen LogP contribution in [0.1, 0.15) is 11.4 Å². The number of aryl methyl sites for hydroxylation is 3. The molecule has 3 heterocycles. The minimum absolute atomic E-state index is 0.522. The summed E-state index contributed by atoms with van der Waals surface area (Å²) >= 11 is 0. The van der Waals surface area contributed by atoms with Crippen LogP contribution in [0.2, 0.25) is 0 Å². The molecule has 20 heavy (non-hydrogen) atoms. The van der Waals surface area contributed by atoms with Gasteiger partial charge in [-0.25, -0.2) is 0 Å². The molecular formula is C14H16N4O2. The van der Waals surface area contributed by atoms with Crippen LogP contribution in [-0.4, -0.2) is 14.3 Å². The molecule has 0 aliphatic carbocycles. The lowest BCUT2D eigenvalue weighted by molar-refractivity contribution is -0.808. The standard InChI is InChI=1S/C14H16N4O2/c19-18-14(6-12-17-9-3-4-10-17)13(15-20-18)5-11-16-7-1-2-8-16/h1-4,7-10H,5-6,11-12H2. The molecule has 0 radical (unpaired) electrons. The van der Waals surface area contributed by atoms with Crippen LogP contribution in [0.5, 0.6) is 0 Å². The van der Waals surface area contributed by atoms with Gasteiger partial charge in [0, 0.05) is 55.9 Å². The SMILES string of the molecule is [O-][n+]1onc(CCn2cccc2)c1CCn1cccc1. The summed E-state index contributed by atoms with van der Waals surface area (Å²) < 4.78 is 8.81. The third kappa shape index (κ3) is 2.74. The summed E-state index contributed by atoms with van der Waals surface area (Å²) in [5.41, 5.74) is 1.35. The summed E-state index contributed by atoms with van der Waals surface area (Å²) in [6.45, 7) is 1.53. The molecule has 0 unspecified atom stereocenters. The molecule has 0 spiro atoms. The van der Waals surface area contributed by atoms with Gasteiger partial charge in [-0.15, -0.1) is 0 Å². The summed E-state index contributed by atoms with van der Waals surface area (Å²) in [5.74, 6) is 0. The highest BCUT2D eigenvalue weighted by Crippen LogP contribution is 2.06. The number of aromatic nitrogens is 4. The Morgan fingerprint density at radius 2 is 1.50 bits per heavy atom. The Hall–Kier alpha value is -2.50. The number of hydrogen-bond acceptors (Lipinski definition) is 3. The number of hydrogen-bond donors (Lipinski definition) is 0. The highest BCUT2D eigenvalue weighted by molar-refractivity contribution is 5.05. The Labute approximate surface area is 116 Å². The van der Waals surface area contributed by atoms with Gasteiger partial charge in [0.05, 0.1) is 0 Å². The average Bonchev–Trinajstić information content (AvgIpc) is 3.17. The summed E-state index contributed by atoms with van der Waals surface area (Å²) in [6, 6.07) is 7.88. The van der Waals surface area contributed by atoms with Crippen LogP contribution in [0.4, 0.5) is 0 Å². The van der Waals surface area contributed by atoms with E-state index in [1.807, 2.05) is 53.6 Å². The molecule has 3 aromatic heterocycles. The molecule has 0 aliphatic rings. The molecule has 0 saturated carbocycles. The van der Waals surface area contributed by atoms with E-state index in [4.69, 9.17) is 4.63 Å². The van der Waals surface area contributed by atoms with E-state index in [1.54, 1.807) is 0 Å². The first kappa shape index (κ1) is 12.5. The fourth-order valence-corrected chi connectivity index (χ4v) is 2.23. The van der Waals surface area contributed by atoms with E-state index in [9.17, 15) is 5.21 Å². The molecule has 0 aliphatic heterocycles. The van der Waals surface area contributed by atoms with Gasteiger partial charge < -0.3 is 14.3 Å². The Morgan fingerprint density at radius 1 is 0.950 bits per heavy atom. The maximum Gasteiger partial charge on any atom is 0.223 e. The Balaban J connectivity index is 1.65. The lowest BCUT2D eigenvalue weighted by Gasteiger charge is -2.02. The van der Waals surface area contributed by atoms with Gasteiger partial charge in [0.15, 0.2) is 0 Å². The summed E-state index contributed by atoms with van der Waals surface area (Å²) in [6.07, 6.45) is 9.23. The van der Waals surface area contributed by atoms with Crippen molar-refractivity contribution in [3.8, 4) is 0 Å². The monoisotopic (exact) mass is 272 g/mol. The van der Waals surface area contributed by atoms with Crippen LogP contribution in [0.3, 0.4) is 0 Å². The first-order valence-corrected chi connectivity index (χ1v) is 6.62. The molecule has 0 bridgehead atoms. The van der Waals surface area contributed by atoms with Crippen molar-refractivity contribution in [1.82, 2.24) is 14.3 Å². The van der Waals surface area contributed by atoms with Gasteiger partial charge in [-0.3, -0.25) is 4.63 Å². The van der Waals surface area contributed by atoms with Gasteiger partial charge in [0.2, 0.25) is 11.4 Å². The van der Waals surface area contributed by atoms with Gasteiger partial charge in [0.1, 0.15) is 0 Å². The van der Waals surface area contributed by atoms with Crippen molar-refractivity contribution in [2.75, 3.05) is 0 Å². The van der Waals surface area contributed by atoms with E-state index >= 15 is 0 Å². The molecule has 3 aromatic rings. The van der Waals surface area contributed by atoms with Crippen molar-refractivity contribution >= 4 is 0 Å². The van der Waals surface area contributed by atoms with Gasteiger partial charge in [-0.1, -0.05) is 0 Å². The smallest absolute Gasteiger partial charge is 0.223 e. The van der Waals surface area contributed by atoms with Gasteiger partial charge in [0.25, 0.3) is 0 Å². The molecule has 3 rings (SSSR count). The maximum absolute atomic E-state index is 11.6. The molecular weight excluding hydrogens is 256 g/mol. The molecule has 0 N–H and O–H groups in total. The highest BCUT2D eigenvalue weighted by Gasteiger charge is 2.18. The van der Waals surface area contributed by atoms with Crippen LogP contribution in [-0.2, 0) is 25.9 Å². The van der Waals surface area contributed by atoms with E-state index in [-0.39, 0.29) is 0 Å². The second-order valence-corrected chi connectivity index (χ2v) is 4.67. The van der Waals surface area contributed by atoms with Crippen molar-refractivity contribution in [3.05, 3.63) is 65.6 Å². The summed E-state index contributed by atoms with van der Waals surface area (Å²) in [5, 5.41) is 15.5. The molecule has 0 amide bonds. The van der Waals surface area contributed by atoms with Gasteiger partial charge in [-0.05, 0) is 29.2 Å². The largest absolute Gasteiger partial charge is 0.359 e. The number of nitrogens with zero attached hydrogens (tertiary/aromatic N) is 4. The van der Waals surface area contributed by atoms with Crippen LogP contribution in [0.25, 0.3) is 0 Å². The number of rotatable bonds is 6. The van der Waals surface area contributed by atoms with Crippen LogP contribution >= 0.6 is 0 Å². The van der Waals surface area contributed by atoms with Crippen molar-refractivity contribution in [2.24, 2.45) is 0 Å². The minimum Gasteiger partial charge on any atom is -0.359 e. The predicted molar refractivity (Wildman–Crippen MR) is 71.7 cm³/mol. The molecule has 0 fully saturated rings. The maximum atomic E-state index is 11.6. The van der Waals surface area contributed by atoms with Crippen molar-refractivity contribution < 1.29 is 9.53 Å². The molecule has 0 saturated heterocycles. The van der Waals surface area contributed by atoms with Gasteiger partial charge >= 0.3 is 0 Å². The average molecular weight is 272 g/mol. The molecule has 6 heteroatoms. The zero-order chi connectivity index (χ0) is 13.8. The van der Waals surface area contributed by atoms with E-state index in [2.05, 4.69) is 9.72 Å². The minimum atomic E-state index is 0.522. The quantitative estimate of drug-likeness (QED) is 0.637. The van der Waals surface area contributed by atoms with Gasteiger partial charge in [-0.2, -0.15) is 0 Å². The van der Waals surface area contributed by atoms with E-state index in [1.165, 1.54) is 0 Å². The topological polar surface area (TPSA) is 62.8 Å². The molecule has 0 aromatic carbocycles. The van der Waals surface area contributed by atoms with E-state index in [0.717, 1.165) is 18.8 Å². The molecule has 6 nitrogen and oxygen atoms in total. The Bertz CT molecular complexity index is 641. The predicted octanol–water partition coefficient (Wildman–Crippen LogP) is 1.40. The zero-order valence-corrected chi connectivity index (χ0v) is 11.1. The first-order valence-electron chi connectivity index (χ1n) is 6.62. The first-order chi connectivity index (χ1) is 9.83. The van der Waals surface area contributed by atoms with Crippen LogP contribution in [0, 0.1) is 5.21 Å². The third-order valence-corrected chi connectivity index (χ3v) is 3.32. The fourth-order valence-electron chi connectivity index (χ4n) is 2.23. The highest BCUT2D eigenvalue weighted by atomic mass is 16.8. The second-order valence-electron chi connectivity index (χ2n) is 4.67. The van der Waals surface area contributed by atoms with Crippen molar-refractivity contribution in [2.45, 2.75) is 25.9 Å². The van der Waals surface area contributed by atoms with Crippen LogP contribution in [0.15, 0.2) is 53.7 Å². The zero-order valence-electron chi connectivity index (χ0n) is 11.1. The van der Waals surface area contributed by atoms with Crippen LogP contribution < -0.4 is 4.90 Å². The molecule has 104 valence electrons. The second kappa shape index (κ2) is 5.64. The van der Waals surface area contributed by atoms with E-state index in [0.29, 0.717) is 23.4 Å². The van der Waals surface area contributed by atoms with Crippen molar-refractivity contribution in [1.29, 1.82) is 0 Å². The normalized spacial score (nSPS) is 11.0. The van der Waals surface area contributed by atoms with E-state index < -0.39 is 0 Å². The fraction of sp³-hybridized carbons (Fsp3) is 0.286. The lowest BCUT2D eigenvalue weighted by Crippen LogP contribution is -2.29. The summed E-state index contributed by atoms with van der Waals surface area (Å²) in [7, 11) is 0. The third-order valence-electron chi connectivity index (χ3n) is 3.32. The lowest BCUT2D eigenvalue weighted by atomic mass is 10.2. The summed E-state index contributed by atoms with van der Waals surface area (Å²) in [4.78, 5) is 0.522. The van der Waals surface area contributed by atoms with Crippen molar-refractivity contribution in [3.63, 3.8) is 0 Å². The Morgan fingerprint density at radius 3 is 2.10 bits per heavy atom.